The number of nitrogens with zero attached hydrogens (tertiary/aromatic N) is 1. The zero-order chi connectivity index (χ0) is 15.4. The Labute approximate surface area is 122 Å². The number of amides is 1. The van der Waals surface area contributed by atoms with E-state index in [2.05, 4.69) is 11.7 Å². The Kier molecular flexibility index (Phi) is 5.12. The first-order valence-corrected chi connectivity index (χ1v) is 7.09. The van der Waals surface area contributed by atoms with Gasteiger partial charge in [-0.15, -0.1) is 0 Å². The molecule has 1 aromatic rings. The molecule has 0 saturated carbocycles. The lowest BCUT2D eigenvalue weighted by Gasteiger charge is -2.39. The van der Waals surface area contributed by atoms with Crippen LogP contribution < -0.4 is 10.5 Å². The second-order valence-corrected chi connectivity index (χ2v) is 5.32. The lowest BCUT2D eigenvalue weighted by Crippen LogP contribution is -2.51. The van der Waals surface area contributed by atoms with Crippen molar-refractivity contribution in [2.75, 3.05) is 13.1 Å². The first-order chi connectivity index (χ1) is 10.0. The van der Waals surface area contributed by atoms with Crippen LogP contribution >= 0.6 is 0 Å². The van der Waals surface area contributed by atoms with Crippen molar-refractivity contribution < 1.29 is 18.3 Å². The quantitative estimate of drug-likeness (QED) is 0.929. The molecule has 0 aliphatic carbocycles. The Morgan fingerprint density at radius 3 is 2.67 bits per heavy atom. The predicted molar refractivity (Wildman–Crippen MR) is 75.4 cm³/mol. The summed E-state index contributed by atoms with van der Waals surface area (Å²) in [4.78, 5) is 14.3. The van der Waals surface area contributed by atoms with Gasteiger partial charge in [0.15, 0.2) is 0 Å². The van der Waals surface area contributed by atoms with Gasteiger partial charge in [0.1, 0.15) is 5.75 Å². The van der Waals surface area contributed by atoms with Crippen molar-refractivity contribution in [3.05, 3.63) is 29.8 Å². The molecule has 1 fully saturated rings. The molecule has 2 atom stereocenters. The normalized spacial score (nSPS) is 22.4. The van der Waals surface area contributed by atoms with Gasteiger partial charge < -0.3 is 15.4 Å². The summed E-state index contributed by atoms with van der Waals surface area (Å²) in [6, 6.07) is 5.80. The minimum Gasteiger partial charge on any atom is -0.435 e. The van der Waals surface area contributed by atoms with Crippen LogP contribution in [0.4, 0.5) is 8.78 Å². The van der Waals surface area contributed by atoms with Crippen LogP contribution in [0.3, 0.4) is 0 Å². The number of alkyl halides is 2. The minimum absolute atomic E-state index is 0.0308. The fourth-order valence-electron chi connectivity index (χ4n) is 2.81. The molecular weight excluding hydrogens is 278 g/mol. The van der Waals surface area contributed by atoms with Crippen LogP contribution in [-0.4, -0.2) is 36.5 Å². The molecule has 1 aliphatic heterocycles. The largest absolute Gasteiger partial charge is 0.435 e. The molecule has 1 saturated heterocycles. The first kappa shape index (κ1) is 15.7. The van der Waals surface area contributed by atoms with Crippen LogP contribution in [0, 0.1) is 5.92 Å². The van der Waals surface area contributed by atoms with Gasteiger partial charge in [0.25, 0.3) is 5.91 Å². The monoisotopic (exact) mass is 298 g/mol. The second-order valence-electron chi connectivity index (χ2n) is 5.32. The number of rotatable bonds is 4. The molecule has 116 valence electrons. The Balaban J connectivity index is 2.11. The Morgan fingerprint density at radius 2 is 2.10 bits per heavy atom. The summed E-state index contributed by atoms with van der Waals surface area (Å²) in [5, 5.41) is 0. The summed E-state index contributed by atoms with van der Waals surface area (Å²) in [5.74, 6) is 0.304. The van der Waals surface area contributed by atoms with Crippen LogP contribution in [0.5, 0.6) is 5.75 Å². The van der Waals surface area contributed by atoms with E-state index in [-0.39, 0.29) is 17.7 Å². The number of likely N-dealkylation sites (tertiary alicyclic amines) is 1. The van der Waals surface area contributed by atoms with E-state index in [0.717, 1.165) is 12.8 Å². The van der Waals surface area contributed by atoms with Gasteiger partial charge in [-0.25, -0.2) is 0 Å². The van der Waals surface area contributed by atoms with Crippen LogP contribution in [0.2, 0.25) is 0 Å². The average Bonchev–Trinajstić information content (AvgIpc) is 2.46. The molecule has 21 heavy (non-hydrogen) atoms. The Bertz CT molecular complexity index is 479. The van der Waals surface area contributed by atoms with E-state index in [4.69, 9.17) is 5.73 Å². The minimum atomic E-state index is -2.86. The van der Waals surface area contributed by atoms with E-state index >= 15 is 0 Å². The van der Waals surface area contributed by atoms with Gasteiger partial charge in [0, 0.05) is 24.7 Å². The number of hydrogen-bond acceptors (Lipinski definition) is 3. The van der Waals surface area contributed by atoms with Gasteiger partial charge >= 0.3 is 6.61 Å². The highest BCUT2D eigenvalue weighted by atomic mass is 19.3. The lowest BCUT2D eigenvalue weighted by atomic mass is 9.90. The number of carbonyl (C=O) groups is 1. The van der Waals surface area contributed by atoms with E-state index in [9.17, 15) is 13.6 Å². The number of benzene rings is 1. The summed E-state index contributed by atoms with van der Waals surface area (Å²) in [5.41, 5.74) is 6.24. The number of hydrogen-bond donors (Lipinski definition) is 1. The molecule has 0 aromatic heterocycles. The van der Waals surface area contributed by atoms with Crippen LogP contribution in [0.1, 0.15) is 30.1 Å². The summed E-state index contributed by atoms with van der Waals surface area (Å²) in [7, 11) is 0. The van der Waals surface area contributed by atoms with Crippen LogP contribution in [0.15, 0.2) is 24.3 Å². The van der Waals surface area contributed by atoms with Crippen molar-refractivity contribution in [1.82, 2.24) is 4.90 Å². The number of nitrogens with two attached hydrogens (primary N) is 1. The molecular formula is C15H20F2N2O2. The molecule has 2 unspecified atom stereocenters. The molecule has 4 nitrogen and oxygen atoms in total. The summed E-state index contributed by atoms with van der Waals surface area (Å²) < 4.78 is 28.5. The molecule has 0 spiro atoms. The number of ether oxygens (including phenoxy) is 1. The molecule has 0 bridgehead atoms. The zero-order valence-corrected chi connectivity index (χ0v) is 12.0. The lowest BCUT2D eigenvalue weighted by molar-refractivity contribution is -0.0498. The topological polar surface area (TPSA) is 55.6 Å². The van der Waals surface area contributed by atoms with Crippen LogP contribution in [-0.2, 0) is 0 Å². The predicted octanol–water partition coefficient (Wildman–Crippen LogP) is 2.49. The standard InChI is InChI=1S/C15H20F2N2O2/c1-10-3-2-8-19(13(10)9-18)14(20)11-4-6-12(7-5-11)21-15(16)17/h4-7,10,13,15H,2-3,8-9,18H2,1H3. The van der Waals surface area contributed by atoms with Crippen molar-refractivity contribution in [3.63, 3.8) is 0 Å². The molecule has 1 aromatic carbocycles. The fraction of sp³-hybridized carbons (Fsp3) is 0.533. The first-order valence-electron chi connectivity index (χ1n) is 7.09. The summed E-state index contributed by atoms with van der Waals surface area (Å²) in [6.45, 7) is 0.340. The van der Waals surface area contributed by atoms with E-state index in [1.54, 1.807) is 4.90 Å². The highest BCUT2D eigenvalue weighted by Gasteiger charge is 2.31. The molecule has 1 aliphatic rings. The number of piperidine rings is 1. The molecule has 0 radical (unpaired) electrons. The van der Waals surface area contributed by atoms with Gasteiger partial charge in [0.05, 0.1) is 0 Å². The number of carbonyl (C=O) groups excluding carboxylic acids is 1. The van der Waals surface area contributed by atoms with Gasteiger partial charge in [0.2, 0.25) is 0 Å². The molecule has 1 amide bonds. The maximum atomic E-state index is 12.5. The molecule has 6 heteroatoms. The smallest absolute Gasteiger partial charge is 0.387 e. The molecule has 2 rings (SSSR count). The van der Waals surface area contributed by atoms with Crippen molar-refractivity contribution in [1.29, 1.82) is 0 Å². The van der Waals surface area contributed by atoms with Crippen LogP contribution in [0.25, 0.3) is 0 Å². The van der Waals surface area contributed by atoms with E-state index < -0.39 is 6.61 Å². The van der Waals surface area contributed by atoms with E-state index in [1.807, 2.05) is 0 Å². The second kappa shape index (κ2) is 6.85. The summed E-state index contributed by atoms with van der Waals surface area (Å²) >= 11 is 0. The third-order valence-corrected chi connectivity index (χ3v) is 3.94. The Hall–Kier alpha value is -1.69. The van der Waals surface area contributed by atoms with E-state index in [1.165, 1.54) is 24.3 Å². The molecule has 1 heterocycles. The SMILES string of the molecule is CC1CCCN(C(=O)c2ccc(OC(F)F)cc2)C1CN. The van der Waals surface area contributed by atoms with Gasteiger partial charge in [-0.2, -0.15) is 8.78 Å². The maximum absolute atomic E-state index is 12.5. The third kappa shape index (κ3) is 3.69. The highest BCUT2D eigenvalue weighted by Crippen LogP contribution is 2.25. The van der Waals surface area contributed by atoms with Gasteiger partial charge in [-0.05, 0) is 43.0 Å². The van der Waals surface area contributed by atoms with Crippen molar-refractivity contribution in [2.45, 2.75) is 32.4 Å². The Morgan fingerprint density at radius 1 is 1.43 bits per heavy atom. The average molecular weight is 298 g/mol. The maximum Gasteiger partial charge on any atom is 0.387 e. The zero-order valence-electron chi connectivity index (χ0n) is 12.0. The van der Waals surface area contributed by atoms with E-state index in [0.29, 0.717) is 24.6 Å². The fourth-order valence-corrected chi connectivity index (χ4v) is 2.81. The highest BCUT2D eigenvalue weighted by molar-refractivity contribution is 5.94. The van der Waals surface area contributed by atoms with Crippen molar-refractivity contribution in [2.24, 2.45) is 11.7 Å². The number of halogens is 2. The molecule has 2 N–H and O–H groups in total. The van der Waals surface area contributed by atoms with Crippen molar-refractivity contribution >= 4 is 5.91 Å². The van der Waals surface area contributed by atoms with Crippen molar-refractivity contribution in [3.8, 4) is 5.75 Å². The van der Waals surface area contributed by atoms with Gasteiger partial charge in [-0.3, -0.25) is 4.79 Å². The third-order valence-electron chi connectivity index (χ3n) is 3.94. The summed E-state index contributed by atoms with van der Waals surface area (Å²) in [6.07, 6.45) is 2.02. The van der Waals surface area contributed by atoms with Gasteiger partial charge in [-0.1, -0.05) is 6.92 Å².